The third-order valence-electron chi connectivity index (χ3n) is 2.71. The van der Waals surface area contributed by atoms with Crippen LogP contribution in [0, 0.1) is 0 Å². The zero-order valence-electron chi connectivity index (χ0n) is 11.6. The van der Waals surface area contributed by atoms with Crippen molar-refractivity contribution in [2.45, 2.75) is 26.0 Å². The zero-order chi connectivity index (χ0) is 14.4. The molecule has 0 saturated carbocycles. The van der Waals surface area contributed by atoms with E-state index in [2.05, 4.69) is 14.9 Å². The van der Waals surface area contributed by atoms with E-state index in [0.717, 1.165) is 17.0 Å². The van der Waals surface area contributed by atoms with Gasteiger partial charge in [-0.05, 0) is 35.8 Å². The van der Waals surface area contributed by atoms with E-state index < -0.39 is 6.10 Å². The highest BCUT2D eigenvalue weighted by molar-refractivity contribution is 7.03. The minimum atomic E-state index is -0.514. The van der Waals surface area contributed by atoms with Gasteiger partial charge in [0.1, 0.15) is 24.2 Å². The maximum absolute atomic E-state index is 9.76. The molecule has 0 spiro atoms. The number of ether oxygens (including phenoxy) is 1. The highest BCUT2D eigenvalue weighted by Crippen LogP contribution is 2.21. The Morgan fingerprint density at radius 1 is 1.30 bits per heavy atom. The molecular weight excluding hydrogens is 274 g/mol. The topological polar surface area (TPSA) is 67.3 Å². The van der Waals surface area contributed by atoms with Crippen LogP contribution < -0.4 is 10.1 Å². The first-order chi connectivity index (χ1) is 9.65. The second-order valence-corrected chi connectivity index (χ2v) is 5.45. The van der Waals surface area contributed by atoms with Crippen molar-refractivity contribution in [1.82, 2.24) is 14.9 Å². The fourth-order valence-electron chi connectivity index (χ4n) is 1.64. The van der Waals surface area contributed by atoms with E-state index in [9.17, 15) is 5.11 Å². The molecule has 0 amide bonds. The molecule has 5 nitrogen and oxygen atoms in total. The highest BCUT2D eigenvalue weighted by atomic mass is 32.1. The van der Waals surface area contributed by atoms with Crippen molar-refractivity contribution in [2.24, 2.45) is 0 Å². The molecule has 1 aromatic carbocycles. The van der Waals surface area contributed by atoms with Gasteiger partial charge in [-0.25, -0.2) is 0 Å². The number of benzene rings is 1. The first-order valence-electron chi connectivity index (χ1n) is 6.57. The van der Waals surface area contributed by atoms with Gasteiger partial charge in [0.15, 0.2) is 0 Å². The van der Waals surface area contributed by atoms with Crippen LogP contribution in [-0.2, 0) is 0 Å². The van der Waals surface area contributed by atoms with E-state index in [-0.39, 0.29) is 6.61 Å². The molecular formula is C14H19N3O2S. The van der Waals surface area contributed by atoms with E-state index in [1.165, 1.54) is 11.5 Å². The fraction of sp³-hybridized carbons (Fsp3) is 0.429. The predicted octanol–water partition coefficient (Wildman–Crippen LogP) is 1.94. The number of nitrogens with zero attached hydrogens (tertiary/aromatic N) is 2. The number of nitrogens with one attached hydrogen (secondary N) is 1. The Morgan fingerprint density at radius 3 is 2.65 bits per heavy atom. The summed E-state index contributed by atoms with van der Waals surface area (Å²) in [7, 11) is 0. The predicted molar refractivity (Wildman–Crippen MR) is 80.0 cm³/mol. The van der Waals surface area contributed by atoms with E-state index >= 15 is 0 Å². The largest absolute Gasteiger partial charge is 0.491 e. The molecule has 0 saturated heterocycles. The summed E-state index contributed by atoms with van der Waals surface area (Å²) in [5, 5.41) is 18.8. The summed E-state index contributed by atoms with van der Waals surface area (Å²) in [6.45, 7) is 4.89. The van der Waals surface area contributed by atoms with Crippen LogP contribution in [0.2, 0.25) is 0 Å². The van der Waals surface area contributed by atoms with Gasteiger partial charge in [-0.1, -0.05) is 18.3 Å². The lowest BCUT2D eigenvalue weighted by Gasteiger charge is -2.15. The number of aromatic nitrogens is 2. The average molecular weight is 293 g/mol. The Morgan fingerprint density at radius 2 is 2.05 bits per heavy atom. The van der Waals surface area contributed by atoms with Crippen LogP contribution >= 0.6 is 11.5 Å². The van der Waals surface area contributed by atoms with Gasteiger partial charge in [0.25, 0.3) is 0 Å². The van der Waals surface area contributed by atoms with Crippen LogP contribution in [-0.4, -0.2) is 40.0 Å². The molecule has 0 fully saturated rings. The fourth-order valence-corrected chi connectivity index (χ4v) is 2.10. The summed E-state index contributed by atoms with van der Waals surface area (Å²) >= 11 is 1.33. The Bertz CT molecular complexity index is 500. The number of aliphatic hydroxyl groups is 1. The molecule has 2 rings (SSSR count). The minimum absolute atomic E-state index is 0.275. The lowest BCUT2D eigenvalue weighted by molar-refractivity contribution is 0.104. The van der Waals surface area contributed by atoms with Crippen LogP contribution in [0.25, 0.3) is 11.3 Å². The lowest BCUT2D eigenvalue weighted by atomic mass is 10.2. The lowest BCUT2D eigenvalue weighted by Crippen LogP contribution is -2.35. The van der Waals surface area contributed by atoms with Gasteiger partial charge < -0.3 is 15.2 Å². The van der Waals surface area contributed by atoms with Crippen molar-refractivity contribution in [3.8, 4) is 17.0 Å². The Balaban J connectivity index is 1.82. The molecule has 1 aromatic heterocycles. The van der Waals surface area contributed by atoms with Crippen molar-refractivity contribution >= 4 is 11.5 Å². The van der Waals surface area contributed by atoms with Crippen LogP contribution in [0.4, 0.5) is 0 Å². The zero-order valence-corrected chi connectivity index (χ0v) is 12.4. The van der Waals surface area contributed by atoms with Gasteiger partial charge in [-0.2, -0.15) is 0 Å². The monoisotopic (exact) mass is 293 g/mol. The molecule has 1 unspecified atom stereocenters. The quantitative estimate of drug-likeness (QED) is 0.816. The third-order valence-corrected chi connectivity index (χ3v) is 3.22. The van der Waals surface area contributed by atoms with Crippen molar-refractivity contribution in [1.29, 1.82) is 0 Å². The van der Waals surface area contributed by atoms with Gasteiger partial charge >= 0.3 is 0 Å². The van der Waals surface area contributed by atoms with Gasteiger partial charge in [0.2, 0.25) is 0 Å². The van der Waals surface area contributed by atoms with Crippen LogP contribution in [0.1, 0.15) is 13.8 Å². The summed E-state index contributed by atoms with van der Waals surface area (Å²) in [6.07, 6.45) is -0.514. The van der Waals surface area contributed by atoms with Crippen molar-refractivity contribution in [2.75, 3.05) is 13.2 Å². The van der Waals surface area contributed by atoms with E-state index in [1.54, 1.807) is 0 Å². The van der Waals surface area contributed by atoms with Gasteiger partial charge in [-0.15, -0.1) is 5.10 Å². The molecule has 0 bridgehead atoms. The Kier molecular flexibility index (Phi) is 5.46. The Hall–Kier alpha value is -1.50. The van der Waals surface area contributed by atoms with Crippen molar-refractivity contribution in [3.05, 3.63) is 29.6 Å². The van der Waals surface area contributed by atoms with E-state index in [4.69, 9.17) is 4.74 Å². The molecule has 0 radical (unpaired) electrons. The van der Waals surface area contributed by atoms with Crippen LogP contribution in [0.15, 0.2) is 29.6 Å². The molecule has 2 aromatic rings. The van der Waals surface area contributed by atoms with Crippen molar-refractivity contribution in [3.63, 3.8) is 0 Å². The summed E-state index contributed by atoms with van der Waals surface area (Å²) in [6, 6.07) is 7.97. The first-order valence-corrected chi connectivity index (χ1v) is 7.40. The second kappa shape index (κ2) is 7.33. The molecule has 0 aliphatic heterocycles. The molecule has 0 aliphatic carbocycles. The van der Waals surface area contributed by atoms with E-state index in [0.29, 0.717) is 12.6 Å². The molecule has 0 aliphatic rings. The summed E-state index contributed by atoms with van der Waals surface area (Å²) in [5.41, 5.74) is 1.87. The smallest absolute Gasteiger partial charge is 0.119 e. The number of hydrogen-bond acceptors (Lipinski definition) is 6. The first kappa shape index (κ1) is 14.9. The molecule has 2 N–H and O–H groups in total. The third kappa shape index (κ3) is 4.56. The standard InChI is InChI=1S/C14H19N3O2S/c1-10(2)15-7-12(18)8-19-13-5-3-11(4-6-13)14-9-20-17-16-14/h3-6,9-10,12,15,18H,7-8H2,1-2H3. The molecule has 20 heavy (non-hydrogen) atoms. The van der Waals surface area contributed by atoms with Crippen LogP contribution in [0.3, 0.4) is 0 Å². The minimum Gasteiger partial charge on any atom is -0.491 e. The van der Waals surface area contributed by atoms with Gasteiger partial charge in [0, 0.05) is 23.5 Å². The van der Waals surface area contributed by atoms with E-state index in [1.807, 2.05) is 43.5 Å². The number of hydrogen-bond donors (Lipinski definition) is 2. The van der Waals surface area contributed by atoms with Gasteiger partial charge in [-0.3, -0.25) is 0 Å². The number of rotatable bonds is 7. The van der Waals surface area contributed by atoms with Crippen molar-refractivity contribution < 1.29 is 9.84 Å². The Labute approximate surface area is 122 Å². The average Bonchev–Trinajstić information content (AvgIpc) is 2.97. The maximum atomic E-state index is 9.76. The normalized spacial score (nSPS) is 12.6. The molecule has 1 atom stereocenters. The van der Waals surface area contributed by atoms with Crippen LogP contribution in [0.5, 0.6) is 5.75 Å². The molecule has 6 heteroatoms. The highest BCUT2D eigenvalue weighted by Gasteiger charge is 2.06. The summed E-state index contributed by atoms with van der Waals surface area (Å²) < 4.78 is 9.38. The SMILES string of the molecule is CC(C)NCC(O)COc1ccc(-c2csnn2)cc1. The second-order valence-electron chi connectivity index (χ2n) is 4.84. The van der Waals surface area contributed by atoms with Gasteiger partial charge in [0.05, 0.1) is 0 Å². The summed E-state index contributed by atoms with van der Waals surface area (Å²) in [5.74, 6) is 0.737. The number of aliphatic hydroxyl groups excluding tert-OH is 1. The molecule has 1 heterocycles. The summed E-state index contributed by atoms with van der Waals surface area (Å²) in [4.78, 5) is 0. The molecule has 108 valence electrons. The maximum Gasteiger partial charge on any atom is 0.119 e.